The lowest BCUT2D eigenvalue weighted by Gasteiger charge is -2.23. The Morgan fingerprint density at radius 3 is 2.44 bits per heavy atom. The fourth-order valence-electron chi connectivity index (χ4n) is 3.50. The van der Waals surface area contributed by atoms with Crippen molar-refractivity contribution in [1.29, 1.82) is 0 Å². The Morgan fingerprint density at radius 1 is 1.19 bits per heavy atom. The van der Waals surface area contributed by atoms with Crippen LogP contribution in [0.25, 0.3) is 0 Å². The molecule has 0 saturated heterocycles. The van der Waals surface area contributed by atoms with Crippen molar-refractivity contribution in [2.45, 2.75) is 84.2 Å². The normalized spacial score (nSPS) is 16.6. The van der Waals surface area contributed by atoms with Crippen molar-refractivity contribution >= 4 is 35.8 Å². The Bertz CT molecular complexity index is 409. The maximum Gasteiger partial charge on any atom is 0.221 e. The highest BCUT2D eigenvalue weighted by Gasteiger charge is 2.15. The monoisotopic (exact) mass is 495 g/mol. The van der Waals surface area contributed by atoms with E-state index in [0.717, 1.165) is 44.9 Å². The van der Waals surface area contributed by atoms with Crippen LogP contribution in [0.15, 0.2) is 4.99 Å². The molecule has 27 heavy (non-hydrogen) atoms. The Morgan fingerprint density at radius 2 is 1.85 bits per heavy atom. The molecule has 0 radical (unpaired) electrons. The number of nitrogens with zero attached hydrogens (tertiary/aromatic N) is 2. The van der Waals surface area contributed by atoms with E-state index in [-0.39, 0.29) is 29.9 Å². The minimum atomic E-state index is 0. The number of guanidine groups is 1. The number of hydrogen-bond donors (Lipinski definition) is 3. The Labute approximate surface area is 183 Å². The molecule has 0 aromatic rings. The molecule has 160 valence electrons. The van der Waals surface area contributed by atoms with Crippen LogP contribution in [0.4, 0.5) is 0 Å². The van der Waals surface area contributed by atoms with E-state index < -0.39 is 0 Å². The lowest BCUT2D eigenvalue weighted by molar-refractivity contribution is -0.121. The van der Waals surface area contributed by atoms with Gasteiger partial charge in [0.1, 0.15) is 0 Å². The van der Waals surface area contributed by atoms with Crippen molar-refractivity contribution in [3.63, 3.8) is 0 Å². The van der Waals surface area contributed by atoms with Gasteiger partial charge in [-0.05, 0) is 52.2 Å². The van der Waals surface area contributed by atoms with Crippen LogP contribution in [-0.2, 0) is 4.79 Å². The summed E-state index contributed by atoms with van der Waals surface area (Å²) in [6, 6.07) is 0.757. The van der Waals surface area contributed by atoms with Crippen molar-refractivity contribution in [3.05, 3.63) is 0 Å². The van der Waals surface area contributed by atoms with Crippen LogP contribution in [0, 0.1) is 0 Å². The number of carbonyl (C=O) groups is 1. The van der Waals surface area contributed by atoms with Gasteiger partial charge in [0.25, 0.3) is 0 Å². The predicted molar refractivity (Wildman–Crippen MR) is 126 cm³/mol. The molecule has 1 unspecified atom stereocenters. The van der Waals surface area contributed by atoms with Gasteiger partial charge in [-0.25, -0.2) is 0 Å². The summed E-state index contributed by atoms with van der Waals surface area (Å²) >= 11 is 0. The molecule has 1 atom stereocenters. The molecule has 0 aromatic carbocycles. The van der Waals surface area contributed by atoms with Crippen molar-refractivity contribution in [1.82, 2.24) is 20.9 Å². The van der Waals surface area contributed by atoms with Gasteiger partial charge < -0.3 is 20.9 Å². The zero-order valence-electron chi connectivity index (χ0n) is 17.9. The highest BCUT2D eigenvalue weighted by Crippen LogP contribution is 2.17. The highest BCUT2D eigenvalue weighted by atomic mass is 127. The van der Waals surface area contributed by atoms with Crippen LogP contribution in [0.1, 0.15) is 72.1 Å². The lowest BCUT2D eigenvalue weighted by atomic mass is 9.95. The summed E-state index contributed by atoms with van der Waals surface area (Å²) in [5.74, 6) is 0.929. The third kappa shape index (κ3) is 12.5. The summed E-state index contributed by atoms with van der Waals surface area (Å²) in [5, 5.41) is 9.83. The van der Waals surface area contributed by atoms with Crippen molar-refractivity contribution in [2.24, 2.45) is 4.99 Å². The van der Waals surface area contributed by atoms with E-state index in [9.17, 15) is 4.79 Å². The Balaban J connectivity index is 0.00000676. The molecule has 0 bridgehead atoms. The number of halogens is 1. The second kappa shape index (κ2) is 16.4. The van der Waals surface area contributed by atoms with E-state index in [1.807, 2.05) is 0 Å². The molecular weight excluding hydrogens is 453 g/mol. The summed E-state index contributed by atoms with van der Waals surface area (Å²) in [6.45, 7) is 10.6. The largest absolute Gasteiger partial charge is 0.356 e. The van der Waals surface area contributed by atoms with E-state index in [4.69, 9.17) is 0 Å². The molecule has 7 heteroatoms. The van der Waals surface area contributed by atoms with Crippen molar-refractivity contribution in [2.75, 3.05) is 33.2 Å². The van der Waals surface area contributed by atoms with E-state index >= 15 is 0 Å². The smallest absolute Gasteiger partial charge is 0.221 e. The average Bonchev–Trinajstić information content (AvgIpc) is 2.65. The van der Waals surface area contributed by atoms with Crippen LogP contribution in [-0.4, -0.2) is 62.1 Å². The molecule has 6 nitrogen and oxygen atoms in total. The molecule has 0 heterocycles. The molecule has 0 spiro atoms. The quantitative estimate of drug-likeness (QED) is 0.234. The predicted octanol–water partition coefficient (Wildman–Crippen LogP) is 3.12. The molecule has 1 aliphatic rings. The van der Waals surface area contributed by atoms with E-state index in [1.54, 1.807) is 7.05 Å². The molecule has 1 fully saturated rings. The number of rotatable bonds is 11. The summed E-state index contributed by atoms with van der Waals surface area (Å²) < 4.78 is 0. The van der Waals surface area contributed by atoms with Crippen molar-refractivity contribution < 1.29 is 4.79 Å². The van der Waals surface area contributed by atoms with Gasteiger partial charge >= 0.3 is 0 Å². The van der Waals surface area contributed by atoms with E-state index in [2.05, 4.69) is 46.6 Å². The van der Waals surface area contributed by atoms with Crippen LogP contribution in [0.5, 0.6) is 0 Å². The number of amides is 1. The maximum absolute atomic E-state index is 12.0. The van der Waals surface area contributed by atoms with Gasteiger partial charge in [0.2, 0.25) is 5.91 Å². The average molecular weight is 495 g/mol. The highest BCUT2D eigenvalue weighted by molar-refractivity contribution is 14.0. The van der Waals surface area contributed by atoms with Gasteiger partial charge in [-0.3, -0.25) is 9.79 Å². The number of nitrogens with one attached hydrogen (secondary N) is 3. The van der Waals surface area contributed by atoms with Crippen LogP contribution < -0.4 is 16.0 Å². The molecule has 0 aromatic heterocycles. The maximum atomic E-state index is 12.0. The first-order valence-corrected chi connectivity index (χ1v) is 10.6. The number of carbonyl (C=O) groups excluding carboxylic acids is 1. The summed E-state index contributed by atoms with van der Waals surface area (Å²) in [5.41, 5.74) is 0. The molecule has 0 aliphatic heterocycles. The first-order valence-electron chi connectivity index (χ1n) is 10.6. The van der Waals surface area contributed by atoms with Crippen LogP contribution in [0.3, 0.4) is 0 Å². The molecule has 1 rings (SSSR count). The summed E-state index contributed by atoms with van der Waals surface area (Å²) in [6.07, 6.45) is 8.84. The molecule has 1 saturated carbocycles. The standard InChI is InChI=1S/C20H41N5O.HI/c1-5-25(6-2)16-10-11-17(3)23-20(21-4)22-15-14-19(26)24-18-12-8-7-9-13-18;/h17-18H,5-16H2,1-4H3,(H,24,26)(H2,21,22,23);1H. The van der Waals surface area contributed by atoms with Gasteiger partial charge in [0.05, 0.1) is 0 Å². The molecular formula is C20H42IN5O. The third-order valence-electron chi connectivity index (χ3n) is 5.23. The third-order valence-corrected chi connectivity index (χ3v) is 5.23. The number of aliphatic imine (C=N–C) groups is 1. The minimum Gasteiger partial charge on any atom is -0.356 e. The lowest BCUT2D eigenvalue weighted by Crippen LogP contribution is -2.44. The Kier molecular flexibility index (Phi) is 16.0. The molecule has 3 N–H and O–H groups in total. The van der Waals surface area contributed by atoms with Gasteiger partial charge in [0, 0.05) is 32.1 Å². The van der Waals surface area contributed by atoms with Crippen molar-refractivity contribution in [3.8, 4) is 0 Å². The fraction of sp³-hybridized carbons (Fsp3) is 0.900. The van der Waals surface area contributed by atoms with Gasteiger partial charge in [0.15, 0.2) is 5.96 Å². The van der Waals surface area contributed by atoms with Gasteiger partial charge in [-0.2, -0.15) is 0 Å². The SMILES string of the molecule is CCN(CC)CCCC(C)NC(=NC)NCCC(=O)NC1CCCCC1.I. The van der Waals surface area contributed by atoms with Gasteiger partial charge in [-0.1, -0.05) is 33.1 Å². The minimum absolute atomic E-state index is 0. The molecule has 1 aliphatic carbocycles. The van der Waals surface area contributed by atoms with E-state index in [0.29, 0.717) is 25.0 Å². The zero-order valence-corrected chi connectivity index (χ0v) is 20.2. The second-order valence-electron chi connectivity index (χ2n) is 7.37. The molecule has 1 amide bonds. The van der Waals surface area contributed by atoms with E-state index in [1.165, 1.54) is 25.7 Å². The van der Waals surface area contributed by atoms with Crippen LogP contribution in [0.2, 0.25) is 0 Å². The summed E-state index contributed by atoms with van der Waals surface area (Å²) in [7, 11) is 1.78. The first kappa shape index (κ1) is 26.4. The van der Waals surface area contributed by atoms with Gasteiger partial charge in [-0.15, -0.1) is 24.0 Å². The zero-order chi connectivity index (χ0) is 19.2. The summed E-state index contributed by atoms with van der Waals surface area (Å²) in [4.78, 5) is 18.8. The second-order valence-corrected chi connectivity index (χ2v) is 7.37. The number of hydrogen-bond acceptors (Lipinski definition) is 3. The van der Waals surface area contributed by atoms with Crippen LogP contribution >= 0.6 is 24.0 Å². The Hall–Kier alpha value is -0.570. The topological polar surface area (TPSA) is 68.8 Å². The first-order chi connectivity index (χ1) is 12.6. The fourth-order valence-corrected chi connectivity index (χ4v) is 3.50.